The second kappa shape index (κ2) is 10.2. The Labute approximate surface area is 208 Å². The summed E-state index contributed by atoms with van der Waals surface area (Å²) in [7, 11) is 0. The number of pyridine rings is 1. The zero-order valence-electron chi connectivity index (χ0n) is 16.1. The van der Waals surface area contributed by atoms with Gasteiger partial charge in [0.1, 0.15) is 10.3 Å². The van der Waals surface area contributed by atoms with Crippen LogP contribution in [0.25, 0.3) is 5.82 Å². The number of anilines is 1. The maximum Gasteiger partial charge on any atom is 0.337 e. The van der Waals surface area contributed by atoms with Crippen LogP contribution >= 0.6 is 59.4 Å². The topological polar surface area (TPSA) is 88.3 Å². The standard InChI is InChI=1S/C20H16Br3ClN4O3/c1-2-3-7-27(17-12(20(30)31)8-11(21)9-13(17)22)19(29)15-10-16(23)26-28(15)18-14(24)5-4-6-25-18/h4-6,8-10H,2-3,7H2,1H3,(H,30,31). The third-order valence-electron chi connectivity index (χ3n) is 4.35. The van der Waals surface area contributed by atoms with Crippen LogP contribution in [0.4, 0.5) is 5.69 Å². The molecule has 3 rings (SSSR count). The molecule has 0 aliphatic heterocycles. The fraction of sp³-hybridized carbons (Fsp3) is 0.200. The van der Waals surface area contributed by atoms with Gasteiger partial charge in [0.15, 0.2) is 5.82 Å². The number of nitrogens with zero attached hydrogens (tertiary/aromatic N) is 4. The quantitative estimate of drug-likeness (QED) is 0.327. The normalized spacial score (nSPS) is 10.9. The van der Waals surface area contributed by atoms with Crippen molar-refractivity contribution in [2.45, 2.75) is 19.8 Å². The van der Waals surface area contributed by atoms with Crippen LogP contribution in [0.3, 0.4) is 0 Å². The van der Waals surface area contributed by atoms with Crippen LogP contribution in [0.2, 0.25) is 5.02 Å². The molecule has 0 atom stereocenters. The number of halogens is 4. The van der Waals surface area contributed by atoms with Crippen LogP contribution in [-0.4, -0.2) is 38.3 Å². The van der Waals surface area contributed by atoms with Crippen molar-refractivity contribution >= 4 is 77.0 Å². The van der Waals surface area contributed by atoms with Crippen LogP contribution in [-0.2, 0) is 0 Å². The van der Waals surface area contributed by atoms with Crippen LogP contribution in [0.1, 0.15) is 40.6 Å². The summed E-state index contributed by atoms with van der Waals surface area (Å²) in [4.78, 5) is 31.4. The molecule has 31 heavy (non-hydrogen) atoms. The lowest BCUT2D eigenvalue weighted by atomic mass is 10.1. The average Bonchev–Trinajstić information content (AvgIpc) is 3.10. The van der Waals surface area contributed by atoms with Crippen molar-refractivity contribution in [2.24, 2.45) is 0 Å². The predicted octanol–water partition coefficient (Wildman–Crippen LogP) is 6.35. The number of hydrogen-bond donors (Lipinski definition) is 1. The smallest absolute Gasteiger partial charge is 0.337 e. The lowest BCUT2D eigenvalue weighted by Crippen LogP contribution is -2.35. The van der Waals surface area contributed by atoms with Gasteiger partial charge in [-0.25, -0.2) is 14.5 Å². The van der Waals surface area contributed by atoms with E-state index in [-0.39, 0.29) is 16.9 Å². The lowest BCUT2D eigenvalue weighted by molar-refractivity contribution is 0.0697. The van der Waals surface area contributed by atoms with E-state index in [1.807, 2.05) is 6.92 Å². The third kappa shape index (κ3) is 5.19. The first-order chi connectivity index (χ1) is 14.7. The number of rotatable bonds is 7. The van der Waals surface area contributed by atoms with Crippen LogP contribution < -0.4 is 4.90 Å². The maximum atomic E-state index is 13.7. The minimum Gasteiger partial charge on any atom is -0.478 e. The summed E-state index contributed by atoms with van der Waals surface area (Å²) < 4.78 is 2.82. The summed E-state index contributed by atoms with van der Waals surface area (Å²) in [6, 6.07) is 8.06. The van der Waals surface area contributed by atoms with Crippen LogP contribution in [0.15, 0.2) is 50.1 Å². The molecule has 1 amide bonds. The number of carboxylic acid groups (broad SMARTS) is 1. The summed E-state index contributed by atoms with van der Waals surface area (Å²) >= 11 is 16.3. The van der Waals surface area contributed by atoms with E-state index in [2.05, 4.69) is 57.9 Å². The first kappa shape index (κ1) is 23.9. The van der Waals surface area contributed by atoms with E-state index < -0.39 is 11.9 Å². The molecule has 0 aliphatic carbocycles. The Balaban J connectivity index is 2.19. The van der Waals surface area contributed by atoms with Crippen molar-refractivity contribution in [3.63, 3.8) is 0 Å². The fourth-order valence-corrected chi connectivity index (χ4v) is 4.99. The molecule has 7 nitrogen and oxygen atoms in total. The highest BCUT2D eigenvalue weighted by molar-refractivity contribution is 9.11. The summed E-state index contributed by atoms with van der Waals surface area (Å²) in [5, 5.41) is 14.4. The molecule has 11 heteroatoms. The number of carboxylic acids is 1. The van der Waals surface area contributed by atoms with Crippen LogP contribution in [0, 0.1) is 0 Å². The molecule has 0 saturated carbocycles. The first-order valence-electron chi connectivity index (χ1n) is 9.15. The van der Waals surface area contributed by atoms with Gasteiger partial charge in [-0.05, 0) is 62.5 Å². The second-order valence-corrected chi connectivity index (χ2v) is 9.46. The zero-order chi connectivity index (χ0) is 22.7. The van der Waals surface area contributed by atoms with Crippen molar-refractivity contribution in [3.05, 3.63) is 66.4 Å². The molecule has 0 saturated heterocycles. The van der Waals surface area contributed by atoms with Crippen molar-refractivity contribution in [2.75, 3.05) is 11.4 Å². The molecule has 0 fully saturated rings. The third-order valence-corrected chi connectivity index (χ3v) is 6.09. The number of carbonyl (C=O) groups excluding carboxylic acids is 1. The largest absolute Gasteiger partial charge is 0.478 e. The molecule has 2 heterocycles. The number of unbranched alkanes of at least 4 members (excludes halogenated alkanes) is 1. The summed E-state index contributed by atoms with van der Waals surface area (Å²) in [6.07, 6.45) is 3.04. The molecular formula is C20H16Br3ClN4O3. The minimum absolute atomic E-state index is 0.00768. The van der Waals surface area contributed by atoms with E-state index in [0.717, 1.165) is 6.42 Å². The van der Waals surface area contributed by atoms with Gasteiger partial charge in [0.25, 0.3) is 5.91 Å². The molecule has 3 aromatic rings. The summed E-state index contributed by atoms with van der Waals surface area (Å²) in [5.74, 6) is -1.28. The molecule has 0 bridgehead atoms. The predicted molar refractivity (Wildman–Crippen MR) is 129 cm³/mol. The van der Waals surface area contributed by atoms with Gasteiger partial charge in [-0.15, -0.1) is 0 Å². The van der Waals surface area contributed by atoms with Gasteiger partial charge < -0.3 is 10.0 Å². The maximum absolute atomic E-state index is 13.7. The van der Waals surface area contributed by atoms with E-state index in [4.69, 9.17) is 11.6 Å². The highest BCUT2D eigenvalue weighted by Crippen LogP contribution is 2.35. The van der Waals surface area contributed by atoms with Gasteiger partial charge in [-0.3, -0.25) is 4.79 Å². The van der Waals surface area contributed by atoms with E-state index in [1.165, 1.54) is 15.6 Å². The highest BCUT2D eigenvalue weighted by atomic mass is 79.9. The highest BCUT2D eigenvalue weighted by Gasteiger charge is 2.29. The zero-order valence-corrected chi connectivity index (χ0v) is 21.7. The minimum atomic E-state index is -1.14. The van der Waals surface area contributed by atoms with Crippen molar-refractivity contribution < 1.29 is 14.7 Å². The number of hydrogen-bond acceptors (Lipinski definition) is 4. The SMILES string of the molecule is CCCCN(C(=O)c1cc(Br)nn1-c1ncccc1Cl)c1c(Br)cc(Br)cc1C(=O)O. The van der Waals surface area contributed by atoms with E-state index in [1.54, 1.807) is 30.5 Å². The molecule has 0 radical (unpaired) electrons. The number of carbonyl (C=O) groups is 2. The Morgan fingerprint density at radius 3 is 2.61 bits per heavy atom. The Bertz CT molecular complexity index is 1150. The van der Waals surface area contributed by atoms with Crippen molar-refractivity contribution in [1.29, 1.82) is 0 Å². The molecule has 1 N–H and O–H groups in total. The molecule has 2 aromatic heterocycles. The second-order valence-electron chi connectivity index (χ2n) is 6.47. The Hall–Kier alpha value is -1.75. The first-order valence-corrected chi connectivity index (χ1v) is 11.9. The molecule has 1 aromatic carbocycles. The van der Waals surface area contributed by atoms with Crippen molar-refractivity contribution in [1.82, 2.24) is 14.8 Å². The van der Waals surface area contributed by atoms with E-state index in [9.17, 15) is 14.7 Å². The number of aromatic carboxylic acids is 1. The summed E-state index contributed by atoms with van der Waals surface area (Å²) in [5.41, 5.74) is 0.451. The number of benzene rings is 1. The number of amides is 1. The Morgan fingerprint density at radius 2 is 1.97 bits per heavy atom. The molecule has 0 unspecified atom stereocenters. The lowest BCUT2D eigenvalue weighted by Gasteiger charge is -2.26. The van der Waals surface area contributed by atoms with E-state index >= 15 is 0 Å². The van der Waals surface area contributed by atoms with Gasteiger partial charge in [0.2, 0.25) is 0 Å². The van der Waals surface area contributed by atoms with Gasteiger partial charge in [0.05, 0.1) is 16.3 Å². The van der Waals surface area contributed by atoms with Gasteiger partial charge in [-0.2, -0.15) is 5.10 Å². The van der Waals surface area contributed by atoms with Crippen molar-refractivity contribution in [3.8, 4) is 5.82 Å². The van der Waals surface area contributed by atoms with Crippen LogP contribution in [0.5, 0.6) is 0 Å². The fourth-order valence-electron chi connectivity index (χ4n) is 2.97. The average molecular weight is 636 g/mol. The Kier molecular flexibility index (Phi) is 7.90. The molecule has 0 aliphatic rings. The molecule has 0 spiro atoms. The monoisotopic (exact) mass is 632 g/mol. The van der Waals surface area contributed by atoms with Gasteiger partial charge >= 0.3 is 5.97 Å². The van der Waals surface area contributed by atoms with E-state index in [0.29, 0.717) is 37.4 Å². The molecule has 162 valence electrons. The van der Waals surface area contributed by atoms with Gasteiger partial charge in [-0.1, -0.05) is 40.9 Å². The molecular weight excluding hydrogens is 619 g/mol. The summed E-state index contributed by atoms with van der Waals surface area (Å²) in [6.45, 7) is 2.31. The Morgan fingerprint density at radius 1 is 1.23 bits per heavy atom. The number of aromatic nitrogens is 3. The van der Waals surface area contributed by atoms with Gasteiger partial charge in [0, 0.05) is 27.8 Å².